The van der Waals surface area contributed by atoms with Crippen LogP contribution in [0.4, 0.5) is 4.39 Å². The monoisotopic (exact) mass is 232 g/mol. The van der Waals surface area contributed by atoms with Gasteiger partial charge in [-0.3, -0.25) is 0 Å². The highest BCUT2D eigenvalue weighted by molar-refractivity contribution is 5.78. The van der Waals surface area contributed by atoms with E-state index in [0.717, 1.165) is 5.69 Å². The number of aromatic amines is 1. The molecule has 2 aromatic heterocycles. The van der Waals surface area contributed by atoms with Gasteiger partial charge in [0.25, 0.3) is 0 Å². The average Bonchev–Trinajstić information content (AvgIpc) is 3.02. The molecule has 1 aliphatic carbocycles. The minimum absolute atomic E-state index is 0.0167. The molecule has 0 spiro atoms. The Morgan fingerprint density at radius 1 is 1.35 bits per heavy atom. The number of rotatable bonds is 1. The van der Waals surface area contributed by atoms with Gasteiger partial charge >= 0.3 is 0 Å². The second-order valence-electron chi connectivity index (χ2n) is 5.98. The Balaban J connectivity index is 2.28. The first-order valence-electron chi connectivity index (χ1n) is 6.15. The van der Waals surface area contributed by atoms with Gasteiger partial charge in [-0.05, 0) is 29.9 Å². The third kappa shape index (κ3) is 1.74. The van der Waals surface area contributed by atoms with Crippen molar-refractivity contribution in [1.82, 2.24) is 9.97 Å². The summed E-state index contributed by atoms with van der Waals surface area (Å²) in [4.78, 5) is 7.53. The molecule has 2 aromatic rings. The Kier molecular flexibility index (Phi) is 2.09. The maximum atomic E-state index is 13.6. The molecule has 0 unspecified atom stereocenters. The van der Waals surface area contributed by atoms with Crippen molar-refractivity contribution in [2.45, 2.75) is 44.9 Å². The van der Waals surface area contributed by atoms with Gasteiger partial charge in [0.15, 0.2) is 0 Å². The molecule has 1 fully saturated rings. The largest absolute Gasteiger partial charge is 0.343 e. The second kappa shape index (κ2) is 3.31. The smallest absolute Gasteiger partial charge is 0.150 e. The predicted molar refractivity (Wildman–Crippen MR) is 66.7 cm³/mol. The lowest BCUT2D eigenvalue weighted by Crippen LogP contribution is -2.15. The van der Waals surface area contributed by atoms with Crippen LogP contribution >= 0.6 is 0 Å². The van der Waals surface area contributed by atoms with E-state index in [-0.39, 0.29) is 11.2 Å². The SMILES string of the molecule is CC(C)(C)c1cc2c(F)c[nH]c2nc1C1CC1. The van der Waals surface area contributed by atoms with Gasteiger partial charge in [0.1, 0.15) is 11.5 Å². The Labute approximate surface area is 100 Å². The molecule has 1 aliphatic rings. The highest BCUT2D eigenvalue weighted by atomic mass is 19.1. The van der Waals surface area contributed by atoms with Crippen LogP contribution in [0.1, 0.15) is 50.8 Å². The van der Waals surface area contributed by atoms with Crippen LogP contribution in [0.5, 0.6) is 0 Å². The summed E-state index contributed by atoms with van der Waals surface area (Å²) in [7, 11) is 0. The molecule has 0 bridgehead atoms. The third-order valence-electron chi connectivity index (χ3n) is 3.42. The van der Waals surface area contributed by atoms with Crippen molar-refractivity contribution in [3.8, 4) is 0 Å². The Morgan fingerprint density at radius 2 is 2.06 bits per heavy atom. The van der Waals surface area contributed by atoms with E-state index in [9.17, 15) is 4.39 Å². The molecule has 3 rings (SSSR count). The van der Waals surface area contributed by atoms with Crippen molar-refractivity contribution in [2.75, 3.05) is 0 Å². The van der Waals surface area contributed by atoms with E-state index in [1.165, 1.54) is 24.6 Å². The molecule has 90 valence electrons. The van der Waals surface area contributed by atoms with Gasteiger partial charge < -0.3 is 4.98 Å². The van der Waals surface area contributed by atoms with Crippen molar-refractivity contribution < 1.29 is 4.39 Å². The minimum Gasteiger partial charge on any atom is -0.343 e. The van der Waals surface area contributed by atoms with Crippen LogP contribution in [0.3, 0.4) is 0 Å². The van der Waals surface area contributed by atoms with Crippen LogP contribution in [0.25, 0.3) is 11.0 Å². The van der Waals surface area contributed by atoms with Gasteiger partial charge in [0.2, 0.25) is 0 Å². The van der Waals surface area contributed by atoms with Gasteiger partial charge in [-0.2, -0.15) is 0 Å². The minimum atomic E-state index is -0.208. The molecule has 1 saturated carbocycles. The Morgan fingerprint density at radius 3 is 2.65 bits per heavy atom. The number of hydrogen-bond acceptors (Lipinski definition) is 1. The zero-order chi connectivity index (χ0) is 12.2. The summed E-state index contributed by atoms with van der Waals surface area (Å²) in [6.45, 7) is 6.48. The average molecular weight is 232 g/mol. The molecule has 2 heterocycles. The maximum absolute atomic E-state index is 13.6. The number of pyridine rings is 1. The zero-order valence-corrected chi connectivity index (χ0v) is 10.5. The van der Waals surface area contributed by atoms with E-state index < -0.39 is 0 Å². The second-order valence-corrected chi connectivity index (χ2v) is 5.98. The lowest BCUT2D eigenvalue weighted by molar-refractivity contribution is 0.578. The third-order valence-corrected chi connectivity index (χ3v) is 3.42. The number of nitrogens with zero attached hydrogens (tertiary/aromatic N) is 1. The summed E-state index contributed by atoms with van der Waals surface area (Å²) in [6.07, 6.45) is 3.82. The molecule has 0 saturated heterocycles. The molecular weight excluding hydrogens is 215 g/mol. The molecular formula is C14H17FN2. The molecule has 1 N–H and O–H groups in total. The van der Waals surface area contributed by atoms with Crippen LogP contribution in [0.2, 0.25) is 0 Å². The fraction of sp³-hybridized carbons (Fsp3) is 0.500. The highest BCUT2D eigenvalue weighted by Gasteiger charge is 2.32. The molecule has 0 radical (unpaired) electrons. The molecule has 17 heavy (non-hydrogen) atoms. The highest BCUT2D eigenvalue weighted by Crippen LogP contribution is 2.44. The van der Waals surface area contributed by atoms with Crippen LogP contribution in [0.15, 0.2) is 12.3 Å². The summed E-state index contributed by atoms with van der Waals surface area (Å²) in [5.74, 6) is 0.375. The lowest BCUT2D eigenvalue weighted by Gasteiger charge is -2.22. The summed E-state index contributed by atoms with van der Waals surface area (Å²) < 4.78 is 13.6. The van der Waals surface area contributed by atoms with Crippen LogP contribution in [0, 0.1) is 5.82 Å². The van der Waals surface area contributed by atoms with Crippen LogP contribution in [-0.2, 0) is 5.41 Å². The first-order valence-corrected chi connectivity index (χ1v) is 6.15. The summed E-state index contributed by atoms with van der Waals surface area (Å²) in [5.41, 5.74) is 3.04. The van der Waals surface area contributed by atoms with Gasteiger partial charge in [0, 0.05) is 17.8 Å². The number of nitrogens with one attached hydrogen (secondary N) is 1. The molecule has 0 atom stereocenters. The van der Waals surface area contributed by atoms with Gasteiger partial charge in [0.05, 0.1) is 5.39 Å². The number of fused-ring (bicyclic) bond motifs is 1. The van der Waals surface area contributed by atoms with E-state index in [4.69, 9.17) is 0 Å². The molecule has 0 amide bonds. The van der Waals surface area contributed by atoms with E-state index in [1.807, 2.05) is 6.07 Å². The van der Waals surface area contributed by atoms with Crippen molar-refractivity contribution in [3.63, 3.8) is 0 Å². The normalized spacial score (nSPS) is 16.7. The first-order chi connectivity index (χ1) is 7.97. The van der Waals surface area contributed by atoms with E-state index >= 15 is 0 Å². The van der Waals surface area contributed by atoms with E-state index in [2.05, 4.69) is 30.7 Å². The fourth-order valence-corrected chi connectivity index (χ4v) is 2.30. The summed E-state index contributed by atoms with van der Waals surface area (Å²) in [5, 5.41) is 0.610. The lowest BCUT2D eigenvalue weighted by atomic mass is 9.84. The maximum Gasteiger partial charge on any atom is 0.150 e. The molecule has 2 nitrogen and oxygen atoms in total. The number of H-pyrrole nitrogens is 1. The van der Waals surface area contributed by atoms with Crippen molar-refractivity contribution in [2.24, 2.45) is 0 Å². The van der Waals surface area contributed by atoms with Crippen LogP contribution < -0.4 is 0 Å². The van der Waals surface area contributed by atoms with Gasteiger partial charge in [-0.25, -0.2) is 9.37 Å². The van der Waals surface area contributed by atoms with Crippen LogP contribution in [-0.4, -0.2) is 9.97 Å². The van der Waals surface area contributed by atoms with Crippen molar-refractivity contribution >= 4 is 11.0 Å². The summed E-state index contributed by atoms with van der Waals surface area (Å²) in [6, 6.07) is 1.97. The van der Waals surface area contributed by atoms with E-state index in [1.54, 1.807) is 0 Å². The van der Waals surface area contributed by atoms with Gasteiger partial charge in [-0.15, -0.1) is 0 Å². The quantitative estimate of drug-likeness (QED) is 0.794. The predicted octanol–water partition coefficient (Wildman–Crippen LogP) is 3.88. The number of halogens is 1. The Hall–Kier alpha value is -1.38. The van der Waals surface area contributed by atoms with E-state index in [0.29, 0.717) is 17.0 Å². The molecule has 3 heteroatoms. The fourth-order valence-electron chi connectivity index (χ4n) is 2.30. The van der Waals surface area contributed by atoms with Crippen molar-refractivity contribution in [1.29, 1.82) is 0 Å². The van der Waals surface area contributed by atoms with Gasteiger partial charge in [-0.1, -0.05) is 20.8 Å². The van der Waals surface area contributed by atoms with Crippen molar-refractivity contribution in [3.05, 3.63) is 29.3 Å². The summed E-state index contributed by atoms with van der Waals surface area (Å²) >= 11 is 0. The first kappa shape index (κ1) is 10.8. The number of hydrogen-bond donors (Lipinski definition) is 1. The molecule has 0 aliphatic heterocycles. The standard InChI is InChI=1S/C14H17FN2/c1-14(2,3)10-6-9-11(15)7-16-13(9)17-12(10)8-4-5-8/h6-8H,4-5H2,1-3H3,(H,16,17). The zero-order valence-electron chi connectivity index (χ0n) is 10.5. The topological polar surface area (TPSA) is 28.7 Å². The molecule has 0 aromatic carbocycles. The number of aromatic nitrogens is 2. The Bertz CT molecular complexity index is 574.